The number of nitrogens with zero attached hydrogens (tertiary/aromatic N) is 3. The molecule has 3 N–H and O–H groups in total. The second-order valence-electron chi connectivity index (χ2n) is 10.1. The molecule has 0 unspecified atom stereocenters. The topological polar surface area (TPSA) is 91.3 Å². The Morgan fingerprint density at radius 3 is 2.63 bits per heavy atom. The fourth-order valence-electron chi connectivity index (χ4n) is 4.72. The van der Waals surface area contributed by atoms with E-state index in [0.29, 0.717) is 13.0 Å². The zero-order valence-electron chi connectivity index (χ0n) is 22.7. The predicted octanol–water partition coefficient (Wildman–Crippen LogP) is 3.89. The second-order valence-corrected chi connectivity index (χ2v) is 10.9. The van der Waals surface area contributed by atoms with Gasteiger partial charge in [-0.25, -0.2) is 9.37 Å². The van der Waals surface area contributed by atoms with Crippen LogP contribution in [0.15, 0.2) is 36.7 Å². The van der Waals surface area contributed by atoms with Gasteiger partial charge in [-0.3, -0.25) is 9.59 Å². The molecule has 1 aliphatic rings. The van der Waals surface area contributed by atoms with Crippen LogP contribution in [0.4, 0.5) is 23.2 Å². The first-order valence-electron chi connectivity index (χ1n) is 12.8. The maximum atomic E-state index is 14.4. The highest BCUT2D eigenvalue weighted by Crippen LogP contribution is 2.32. The van der Waals surface area contributed by atoms with Crippen LogP contribution in [-0.4, -0.2) is 71.0 Å². The van der Waals surface area contributed by atoms with Gasteiger partial charge in [-0.15, -0.1) is 0 Å². The maximum absolute atomic E-state index is 14.4. The number of piperidine rings is 1. The number of benzene rings is 2. The van der Waals surface area contributed by atoms with Crippen molar-refractivity contribution in [3.05, 3.63) is 59.2 Å². The van der Waals surface area contributed by atoms with Crippen LogP contribution in [0, 0.1) is 23.6 Å². The van der Waals surface area contributed by atoms with E-state index >= 15 is 0 Å². The Balaban J connectivity index is 1.61. The number of thiol groups is 1. The molecule has 0 aliphatic carbocycles. The van der Waals surface area contributed by atoms with Crippen LogP contribution in [-0.2, 0) is 6.54 Å². The third-order valence-corrected chi connectivity index (χ3v) is 7.76. The summed E-state index contributed by atoms with van der Waals surface area (Å²) in [4.78, 5) is 30.6. The van der Waals surface area contributed by atoms with Crippen molar-refractivity contribution in [1.82, 2.24) is 25.1 Å². The number of rotatable bonds is 6. The van der Waals surface area contributed by atoms with Crippen LogP contribution >= 0.6 is 12.6 Å². The number of aromatic nitrogens is 2. The minimum atomic E-state index is -4.50. The third kappa shape index (κ3) is 7.12. The highest BCUT2D eigenvalue weighted by atomic mass is 32.1. The molecule has 218 valence electrons. The van der Waals surface area contributed by atoms with Crippen molar-refractivity contribution in [2.24, 2.45) is 5.92 Å². The summed E-state index contributed by atoms with van der Waals surface area (Å²) in [5, 5.41) is 8.19. The molecule has 41 heavy (non-hydrogen) atoms. The number of halogens is 4. The molecule has 2 heterocycles. The Morgan fingerprint density at radius 1 is 1.22 bits per heavy atom. The van der Waals surface area contributed by atoms with Crippen LogP contribution in [0.1, 0.15) is 39.6 Å². The largest absolute Gasteiger partial charge is 0.406 e. The lowest BCUT2D eigenvalue weighted by Gasteiger charge is -2.43. The van der Waals surface area contributed by atoms with Gasteiger partial charge in [0.25, 0.3) is 11.8 Å². The highest BCUT2D eigenvalue weighted by molar-refractivity contribution is 7.81. The van der Waals surface area contributed by atoms with Crippen molar-refractivity contribution in [1.29, 1.82) is 0 Å². The lowest BCUT2D eigenvalue weighted by Crippen LogP contribution is -2.56. The minimum Gasteiger partial charge on any atom is -0.372 e. The van der Waals surface area contributed by atoms with Gasteiger partial charge < -0.3 is 25.4 Å². The molecule has 4 rings (SSSR count). The number of carbonyl (C=O) groups excluding carboxylic acids is 2. The molecule has 1 aliphatic heterocycles. The Kier molecular flexibility index (Phi) is 8.84. The number of fused-ring (bicyclic) bond motifs is 1. The minimum absolute atomic E-state index is 0.00618. The summed E-state index contributed by atoms with van der Waals surface area (Å²) < 4.78 is 55.0. The maximum Gasteiger partial charge on any atom is 0.406 e. The standard InChI is InChI=1S/C28H30F4N6O2S/c1-17-14-37(3)10-8-27(17,41)36-26(40)20-11-18(12-23-24(20)35-16-38(23)15-28(30,31)32)5-4-9-34-22-7-6-19(13-21(22)29)25(39)33-2/h6-7,11-13,16-17,34,41H,8-10,14-15H2,1-3H3,(H,33,39)(H,36,40)/t17-,27-/m0/s1. The van der Waals surface area contributed by atoms with Gasteiger partial charge in [0.15, 0.2) is 0 Å². The summed E-state index contributed by atoms with van der Waals surface area (Å²) >= 11 is 4.77. The summed E-state index contributed by atoms with van der Waals surface area (Å²) in [6.45, 7) is 2.11. The van der Waals surface area contributed by atoms with Gasteiger partial charge in [0.2, 0.25) is 0 Å². The zero-order valence-corrected chi connectivity index (χ0v) is 23.6. The molecule has 0 bridgehead atoms. The van der Waals surface area contributed by atoms with E-state index in [2.05, 4.69) is 37.7 Å². The number of amides is 2. The molecule has 2 aromatic carbocycles. The van der Waals surface area contributed by atoms with Gasteiger partial charge in [0.1, 0.15) is 17.9 Å². The summed E-state index contributed by atoms with van der Waals surface area (Å²) in [7, 11) is 3.42. The van der Waals surface area contributed by atoms with Gasteiger partial charge >= 0.3 is 6.18 Å². The summed E-state index contributed by atoms with van der Waals surface area (Å²) in [6, 6.07) is 6.87. The smallest absolute Gasteiger partial charge is 0.372 e. The Bertz CT molecular complexity index is 1530. The summed E-state index contributed by atoms with van der Waals surface area (Å²) in [5.74, 6) is 4.07. The number of alkyl halides is 3. The van der Waals surface area contributed by atoms with Crippen LogP contribution in [0.3, 0.4) is 0 Å². The van der Waals surface area contributed by atoms with Crippen LogP contribution < -0.4 is 16.0 Å². The molecular weight excluding hydrogens is 560 g/mol. The van der Waals surface area contributed by atoms with Gasteiger partial charge in [-0.2, -0.15) is 25.8 Å². The van der Waals surface area contributed by atoms with E-state index in [1.807, 2.05) is 14.0 Å². The lowest BCUT2D eigenvalue weighted by atomic mass is 9.92. The van der Waals surface area contributed by atoms with Gasteiger partial charge in [-0.1, -0.05) is 18.8 Å². The molecule has 0 spiro atoms. The molecule has 8 nitrogen and oxygen atoms in total. The fraction of sp³-hybridized carbons (Fsp3) is 0.393. The Morgan fingerprint density at radius 2 is 1.98 bits per heavy atom. The molecule has 0 saturated carbocycles. The first-order valence-corrected chi connectivity index (χ1v) is 13.3. The molecule has 1 fully saturated rings. The van der Waals surface area contributed by atoms with E-state index in [1.54, 1.807) is 0 Å². The van der Waals surface area contributed by atoms with Crippen molar-refractivity contribution in [2.45, 2.75) is 30.9 Å². The molecule has 2 amide bonds. The monoisotopic (exact) mass is 590 g/mol. The van der Waals surface area contributed by atoms with E-state index in [1.165, 1.54) is 31.3 Å². The molecule has 3 aromatic rings. The summed E-state index contributed by atoms with van der Waals surface area (Å²) in [5.41, 5.74) is 0.870. The van der Waals surface area contributed by atoms with Crippen molar-refractivity contribution >= 4 is 41.2 Å². The first-order chi connectivity index (χ1) is 19.3. The average Bonchev–Trinajstić information content (AvgIpc) is 3.29. The number of anilines is 1. The van der Waals surface area contributed by atoms with E-state index in [4.69, 9.17) is 12.6 Å². The second kappa shape index (κ2) is 12.0. The molecule has 1 saturated heterocycles. The number of imidazole rings is 1. The quantitative estimate of drug-likeness (QED) is 0.151. The third-order valence-electron chi connectivity index (χ3n) is 6.98. The van der Waals surface area contributed by atoms with Crippen molar-refractivity contribution in [3.8, 4) is 11.8 Å². The van der Waals surface area contributed by atoms with Gasteiger partial charge in [0.05, 0.1) is 34.5 Å². The van der Waals surface area contributed by atoms with E-state index in [9.17, 15) is 27.2 Å². The van der Waals surface area contributed by atoms with E-state index in [-0.39, 0.29) is 45.9 Å². The average molecular weight is 591 g/mol. The van der Waals surface area contributed by atoms with Crippen LogP contribution in [0.2, 0.25) is 0 Å². The number of hydrogen-bond donors (Lipinski definition) is 4. The van der Waals surface area contributed by atoms with Crippen molar-refractivity contribution < 1.29 is 27.2 Å². The molecule has 1 aromatic heterocycles. The predicted molar refractivity (Wildman–Crippen MR) is 151 cm³/mol. The summed E-state index contributed by atoms with van der Waals surface area (Å²) in [6.07, 6.45) is -2.87. The molecule has 0 radical (unpaired) electrons. The molecule has 13 heteroatoms. The fourth-order valence-corrected chi connectivity index (χ4v) is 5.01. The number of nitrogens with one attached hydrogen (secondary N) is 3. The first kappa shape index (κ1) is 30.2. The number of carbonyl (C=O) groups is 2. The molecular formula is C28H30F4N6O2S. The van der Waals surface area contributed by atoms with Crippen molar-refractivity contribution in [2.75, 3.05) is 39.0 Å². The Labute approximate surface area is 240 Å². The Hall–Kier alpha value is -3.76. The van der Waals surface area contributed by atoms with E-state index in [0.717, 1.165) is 23.5 Å². The highest BCUT2D eigenvalue weighted by Gasteiger charge is 2.38. The molecule has 2 atom stereocenters. The zero-order chi connectivity index (χ0) is 29.9. The normalized spacial score (nSPS) is 19.4. The van der Waals surface area contributed by atoms with Crippen LogP contribution in [0.5, 0.6) is 0 Å². The SMILES string of the molecule is CNC(=O)c1ccc(NCC#Cc2cc(C(=O)N[C@]3(S)CCN(C)C[C@@H]3C)c3ncn(CC(F)(F)F)c3c2)c(F)c1. The van der Waals surface area contributed by atoms with E-state index < -0.39 is 35.2 Å². The van der Waals surface area contributed by atoms with Crippen LogP contribution in [0.25, 0.3) is 11.0 Å². The number of likely N-dealkylation sites (tertiary alicyclic amines) is 1. The lowest BCUT2D eigenvalue weighted by molar-refractivity contribution is -0.139. The van der Waals surface area contributed by atoms with Crippen molar-refractivity contribution in [3.63, 3.8) is 0 Å². The van der Waals surface area contributed by atoms with Gasteiger partial charge in [-0.05, 0) is 43.8 Å². The van der Waals surface area contributed by atoms with Gasteiger partial charge in [0, 0.05) is 37.2 Å². The number of hydrogen-bond acceptors (Lipinski definition) is 6.